The van der Waals surface area contributed by atoms with Crippen LogP contribution in [0.15, 0.2) is 71.6 Å². The first-order chi connectivity index (χ1) is 15.0. The molecule has 2 heterocycles. The number of nitrogens with zero attached hydrogens (tertiary/aromatic N) is 4. The average Bonchev–Trinajstić information content (AvgIpc) is 3.29. The van der Waals surface area contributed by atoms with Gasteiger partial charge in [0.05, 0.1) is 29.4 Å². The van der Waals surface area contributed by atoms with E-state index in [1.165, 1.54) is 6.07 Å². The number of anilines is 2. The summed E-state index contributed by atoms with van der Waals surface area (Å²) in [5.41, 5.74) is 2.34. The third kappa shape index (κ3) is 5.69. The Morgan fingerprint density at radius 1 is 1.06 bits per heavy atom. The zero-order chi connectivity index (χ0) is 21.8. The summed E-state index contributed by atoms with van der Waals surface area (Å²) in [5, 5.41) is 15.9. The minimum Gasteiger partial charge on any atom is -0.330 e. The van der Waals surface area contributed by atoms with Crippen molar-refractivity contribution in [2.75, 3.05) is 10.6 Å². The van der Waals surface area contributed by atoms with Crippen LogP contribution in [0.2, 0.25) is 5.02 Å². The van der Waals surface area contributed by atoms with Gasteiger partial charge in [-0.1, -0.05) is 41.9 Å². The quantitative estimate of drug-likeness (QED) is 0.328. The Kier molecular flexibility index (Phi) is 6.64. The van der Waals surface area contributed by atoms with Gasteiger partial charge >= 0.3 is 0 Å². The van der Waals surface area contributed by atoms with Gasteiger partial charge in [-0.15, -0.1) is 0 Å². The lowest BCUT2D eigenvalue weighted by molar-refractivity contribution is 0.586. The maximum absolute atomic E-state index is 13.9. The molecule has 0 saturated carbocycles. The Hall–Kier alpha value is -2.75. The Morgan fingerprint density at radius 2 is 1.90 bits per heavy atom. The number of benzene rings is 2. The van der Waals surface area contributed by atoms with Gasteiger partial charge in [-0.25, -0.2) is 4.39 Å². The van der Waals surface area contributed by atoms with Gasteiger partial charge in [0.15, 0.2) is 10.9 Å². The molecule has 2 aromatic heterocycles. The Labute approximate surface area is 197 Å². The normalized spacial score (nSPS) is 10.8. The minimum atomic E-state index is -0.268. The summed E-state index contributed by atoms with van der Waals surface area (Å²) >= 11 is 14.9. The van der Waals surface area contributed by atoms with Gasteiger partial charge in [-0.2, -0.15) is 10.2 Å². The minimum absolute atomic E-state index is 0.268. The summed E-state index contributed by atoms with van der Waals surface area (Å²) in [6.07, 6.45) is 5.30. The highest BCUT2D eigenvalue weighted by Gasteiger charge is 2.11. The summed E-state index contributed by atoms with van der Waals surface area (Å²) in [7, 11) is 0. The van der Waals surface area contributed by atoms with Crippen molar-refractivity contribution in [3.8, 4) is 0 Å². The molecule has 4 rings (SSSR count). The number of rotatable bonds is 6. The smallest absolute Gasteiger partial charge is 0.176 e. The van der Waals surface area contributed by atoms with E-state index >= 15 is 0 Å². The van der Waals surface area contributed by atoms with Crippen LogP contribution >= 0.6 is 39.7 Å². The zero-order valence-corrected chi connectivity index (χ0v) is 19.3. The van der Waals surface area contributed by atoms with Gasteiger partial charge in [0.1, 0.15) is 5.82 Å². The Morgan fingerprint density at radius 3 is 2.71 bits per heavy atom. The lowest BCUT2D eigenvalue weighted by Gasteiger charge is -2.07. The standard InChI is InChI=1S/C21H17BrClFN6S/c22-18-13-30(11-15-5-1-2-7-19(15)24)28-20(18)27-21(31)26-17-9-25-29(12-17)10-14-4-3-6-16(23)8-14/h1-9,12-13H,10-11H2,(H2,26,27,28,31). The molecule has 6 nitrogen and oxygen atoms in total. The SMILES string of the molecule is Fc1ccccc1Cn1cc(Br)c(NC(=S)Nc2cnn(Cc3cccc(Cl)c3)c2)n1. The fraction of sp³-hybridized carbons (Fsp3) is 0.0952. The molecule has 2 aromatic carbocycles. The van der Waals surface area contributed by atoms with Crippen molar-refractivity contribution >= 4 is 56.4 Å². The van der Waals surface area contributed by atoms with E-state index in [-0.39, 0.29) is 5.82 Å². The number of thiocarbonyl (C=S) groups is 1. The van der Waals surface area contributed by atoms with Crippen LogP contribution in [0.1, 0.15) is 11.1 Å². The van der Waals surface area contributed by atoms with Crippen molar-refractivity contribution in [2.45, 2.75) is 13.1 Å². The highest BCUT2D eigenvalue weighted by molar-refractivity contribution is 9.10. The fourth-order valence-corrected chi connectivity index (χ4v) is 3.81. The first-order valence-corrected chi connectivity index (χ1v) is 10.9. The molecule has 0 aliphatic rings. The molecule has 0 fully saturated rings. The van der Waals surface area contributed by atoms with Crippen LogP contribution in [0.4, 0.5) is 15.9 Å². The van der Waals surface area contributed by atoms with E-state index in [1.54, 1.807) is 40.0 Å². The Balaban J connectivity index is 1.36. The van der Waals surface area contributed by atoms with Gasteiger partial charge in [0.2, 0.25) is 0 Å². The van der Waals surface area contributed by atoms with Crippen LogP contribution in [0, 0.1) is 5.82 Å². The fourth-order valence-electron chi connectivity index (χ4n) is 2.97. The molecule has 0 unspecified atom stereocenters. The lowest BCUT2D eigenvalue weighted by atomic mass is 10.2. The molecule has 0 atom stereocenters. The molecule has 0 aliphatic carbocycles. The van der Waals surface area contributed by atoms with Crippen LogP contribution in [-0.4, -0.2) is 24.7 Å². The van der Waals surface area contributed by atoms with E-state index in [4.69, 9.17) is 23.8 Å². The summed E-state index contributed by atoms with van der Waals surface area (Å²) in [5.74, 6) is 0.260. The molecular formula is C21H17BrClFN6S. The number of halogens is 3. The third-order valence-electron chi connectivity index (χ3n) is 4.36. The molecule has 0 bridgehead atoms. The topological polar surface area (TPSA) is 59.7 Å². The van der Waals surface area contributed by atoms with Gasteiger partial charge in [0.25, 0.3) is 0 Å². The molecule has 0 radical (unpaired) electrons. The largest absolute Gasteiger partial charge is 0.330 e. The highest BCUT2D eigenvalue weighted by atomic mass is 79.9. The molecule has 158 valence electrons. The molecule has 2 N–H and O–H groups in total. The van der Waals surface area contributed by atoms with Crippen LogP contribution in [-0.2, 0) is 13.1 Å². The summed E-state index contributed by atoms with van der Waals surface area (Å²) in [4.78, 5) is 0. The highest BCUT2D eigenvalue weighted by Crippen LogP contribution is 2.22. The lowest BCUT2D eigenvalue weighted by Crippen LogP contribution is -2.19. The predicted molar refractivity (Wildman–Crippen MR) is 128 cm³/mol. The first kappa shape index (κ1) is 21.5. The Bertz CT molecular complexity index is 1220. The third-order valence-corrected chi connectivity index (χ3v) is 5.38. The van der Waals surface area contributed by atoms with E-state index in [0.717, 1.165) is 11.3 Å². The van der Waals surface area contributed by atoms with Crippen LogP contribution in [0.25, 0.3) is 0 Å². The van der Waals surface area contributed by atoms with Gasteiger partial charge in [-0.05, 0) is 51.9 Å². The number of nitrogens with one attached hydrogen (secondary N) is 2. The van der Waals surface area contributed by atoms with Crippen molar-refractivity contribution in [3.63, 3.8) is 0 Å². The molecule has 0 aliphatic heterocycles. The van der Waals surface area contributed by atoms with Gasteiger partial charge < -0.3 is 10.6 Å². The first-order valence-electron chi connectivity index (χ1n) is 9.27. The van der Waals surface area contributed by atoms with Crippen LogP contribution in [0.3, 0.4) is 0 Å². The van der Waals surface area contributed by atoms with Crippen molar-refractivity contribution in [2.24, 2.45) is 0 Å². The molecule has 31 heavy (non-hydrogen) atoms. The number of hydrogen-bond acceptors (Lipinski definition) is 3. The summed E-state index contributed by atoms with van der Waals surface area (Å²) in [6, 6.07) is 14.2. The van der Waals surface area contributed by atoms with E-state index in [0.29, 0.717) is 39.1 Å². The van der Waals surface area contributed by atoms with E-state index in [1.807, 2.05) is 30.5 Å². The zero-order valence-electron chi connectivity index (χ0n) is 16.1. The van der Waals surface area contributed by atoms with E-state index in [2.05, 4.69) is 36.8 Å². The van der Waals surface area contributed by atoms with Crippen LogP contribution < -0.4 is 10.6 Å². The molecular weight excluding hydrogens is 503 g/mol. The summed E-state index contributed by atoms with van der Waals surface area (Å²) in [6.45, 7) is 0.901. The van der Waals surface area contributed by atoms with Crippen molar-refractivity contribution in [1.29, 1.82) is 0 Å². The van der Waals surface area contributed by atoms with E-state index < -0.39 is 0 Å². The van der Waals surface area contributed by atoms with E-state index in [9.17, 15) is 4.39 Å². The molecule has 4 aromatic rings. The second-order valence-corrected chi connectivity index (χ2v) is 8.45. The second kappa shape index (κ2) is 9.59. The summed E-state index contributed by atoms with van der Waals surface area (Å²) < 4.78 is 18.0. The maximum Gasteiger partial charge on any atom is 0.176 e. The number of hydrogen-bond donors (Lipinski definition) is 2. The van der Waals surface area contributed by atoms with Crippen molar-refractivity contribution < 1.29 is 4.39 Å². The van der Waals surface area contributed by atoms with Gasteiger partial charge in [-0.3, -0.25) is 9.36 Å². The molecule has 10 heteroatoms. The molecule has 0 saturated heterocycles. The predicted octanol–water partition coefficient (Wildman–Crippen LogP) is 5.54. The maximum atomic E-state index is 13.9. The van der Waals surface area contributed by atoms with Crippen molar-refractivity contribution in [3.05, 3.63) is 93.6 Å². The monoisotopic (exact) mass is 518 g/mol. The number of aromatic nitrogens is 4. The van der Waals surface area contributed by atoms with Gasteiger partial charge in [0, 0.05) is 23.0 Å². The van der Waals surface area contributed by atoms with Crippen molar-refractivity contribution in [1.82, 2.24) is 19.6 Å². The second-order valence-electron chi connectivity index (χ2n) is 6.75. The molecule has 0 spiro atoms. The average molecular weight is 520 g/mol. The molecule has 0 amide bonds. The van der Waals surface area contributed by atoms with Crippen LogP contribution in [0.5, 0.6) is 0 Å².